The van der Waals surface area contributed by atoms with Gasteiger partial charge in [-0.3, -0.25) is 9.59 Å². The summed E-state index contributed by atoms with van der Waals surface area (Å²) in [5, 5.41) is 0. The number of imide groups is 1. The van der Waals surface area contributed by atoms with Gasteiger partial charge in [-0.2, -0.15) is 0 Å². The van der Waals surface area contributed by atoms with Crippen molar-refractivity contribution in [1.29, 1.82) is 0 Å². The fourth-order valence-electron chi connectivity index (χ4n) is 3.71. The van der Waals surface area contributed by atoms with E-state index >= 15 is 0 Å². The van der Waals surface area contributed by atoms with Crippen molar-refractivity contribution in [3.63, 3.8) is 0 Å². The zero-order valence-corrected chi connectivity index (χ0v) is 18.7. The third kappa shape index (κ3) is 3.91. The number of anilines is 1. The molecule has 1 aromatic heterocycles. The van der Waals surface area contributed by atoms with E-state index in [-0.39, 0.29) is 11.8 Å². The summed E-state index contributed by atoms with van der Waals surface area (Å²) < 4.78 is 10.9. The van der Waals surface area contributed by atoms with Crippen LogP contribution in [0.2, 0.25) is 0 Å². The number of nitrogens with zero attached hydrogens (tertiary/aromatic N) is 1. The van der Waals surface area contributed by atoms with Crippen LogP contribution in [-0.4, -0.2) is 18.9 Å². The zero-order valence-electron chi connectivity index (χ0n) is 17.9. The van der Waals surface area contributed by atoms with Crippen molar-refractivity contribution in [3.8, 4) is 5.75 Å². The lowest BCUT2D eigenvalue weighted by Crippen LogP contribution is -2.31. The Morgan fingerprint density at radius 2 is 1.71 bits per heavy atom. The van der Waals surface area contributed by atoms with Crippen LogP contribution in [0.5, 0.6) is 5.75 Å². The van der Waals surface area contributed by atoms with Gasteiger partial charge in [0.25, 0.3) is 11.8 Å². The van der Waals surface area contributed by atoms with Gasteiger partial charge in [0.1, 0.15) is 11.5 Å². The number of ether oxygens (including phenoxy) is 1. The molecule has 6 heteroatoms. The summed E-state index contributed by atoms with van der Waals surface area (Å²) in [5.41, 5.74) is 4.61. The molecule has 2 amide bonds. The molecule has 0 N–H and O–H groups in total. The third-order valence-corrected chi connectivity index (χ3v) is 6.30. The quantitative estimate of drug-likeness (QED) is 0.485. The predicted octanol–water partition coefficient (Wildman–Crippen LogP) is 5.43. The largest absolute Gasteiger partial charge is 0.495 e. The Balaban J connectivity index is 1.83. The van der Waals surface area contributed by atoms with Gasteiger partial charge in [-0.1, -0.05) is 29.8 Å². The summed E-state index contributed by atoms with van der Waals surface area (Å²) in [6.45, 7) is 5.88. The average Bonchev–Trinajstić information content (AvgIpc) is 3.33. The molecule has 31 heavy (non-hydrogen) atoms. The standard InChI is InChI=1S/C25H23NO4S/c1-15-7-9-19(17(3)12-15)22-23(31-14-18-6-5-11-30-18)25(28)26(24(22)27)20-13-16(2)8-10-21(20)29-4/h5-13H,14H2,1-4H3. The summed E-state index contributed by atoms with van der Waals surface area (Å²) in [6.07, 6.45) is 1.60. The second-order valence-electron chi connectivity index (χ2n) is 7.51. The molecule has 0 unspecified atom stereocenters. The Hall–Kier alpha value is -3.25. The maximum Gasteiger partial charge on any atom is 0.272 e. The molecule has 2 aromatic carbocycles. The Kier molecular flexibility index (Phi) is 5.74. The van der Waals surface area contributed by atoms with Gasteiger partial charge in [-0.15, -0.1) is 11.8 Å². The molecule has 3 aromatic rings. The number of thioether (sulfide) groups is 1. The van der Waals surface area contributed by atoms with E-state index in [0.717, 1.165) is 28.0 Å². The number of amides is 2. The molecule has 0 aliphatic carbocycles. The molecule has 0 saturated carbocycles. The van der Waals surface area contributed by atoms with Crippen LogP contribution in [0, 0.1) is 20.8 Å². The minimum Gasteiger partial charge on any atom is -0.495 e. The minimum atomic E-state index is -0.347. The molecular formula is C25H23NO4S. The molecule has 0 saturated heterocycles. The number of hydrogen-bond acceptors (Lipinski definition) is 5. The molecule has 0 radical (unpaired) electrons. The zero-order chi connectivity index (χ0) is 22.1. The molecule has 0 atom stereocenters. The molecule has 1 aliphatic rings. The maximum atomic E-state index is 13.7. The highest BCUT2D eigenvalue weighted by atomic mass is 32.2. The highest BCUT2D eigenvalue weighted by molar-refractivity contribution is 8.03. The predicted molar refractivity (Wildman–Crippen MR) is 123 cm³/mol. The number of hydrogen-bond donors (Lipinski definition) is 0. The average molecular weight is 434 g/mol. The van der Waals surface area contributed by atoms with Crippen LogP contribution < -0.4 is 9.64 Å². The first kappa shape index (κ1) is 21.0. The van der Waals surface area contributed by atoms with Crippen molar-refractivity contribution < 1.29 is 18.7 Å². The molecule has 0 bridgehead atoms. The Morgan fingerprint density at radius 3 is 2.39 bits per heavy atom. The van der Waals surface area contributed by atoms with Gasteiger partial charge in [-0.05, 0) is 61.7 Å². The van der Waals surface area contributed by atoms with Crippen molar-refractivity contribution >= 4 is 34.8 Å². The van der Waals surface area contributed by atoms with Crippen LogP contribution in [-0.2, 0) is 15.3 Å². The molecule has 5 nitrogen and oxygen atoms in total. The summed E-state index contributed by atoms with van der Waals surface area (Å²) >= 11 is 1.32. The lowest BCUT2D eigenvalue weighted by Gasteiger charge is -2.19. The number of carbonyl (C=O) groups is 2. The fourth-order valence-corrected chi connectivity index (χ4v) is 4.71. The van der Waals surface area contributed by atoms with E-state index in [2.05, 4.69) is 0 Å². The summed E-state index contributed by atoms with van der Waals surface area (Å²) in [4.78, 5) is 28.9. The monoisotopic (exact) mass is 433 g/mol. The number of methoxy groups -OCH3 is 1. The first-order chi connectivity index (χ1) is 14.9. The number of rotatable bonds is 6. The van der Waals surface area contributed by atoms with E-state index in [1.807, 2.05) is 51.1 Å². The van der Waals surface area contributed by atoms with E-state index in [1.54, 1.807) is 24.5 Å². The Bertz CT molecular complexity index is 1190. The first-order valence-corrected chi connectivity index (χ1v) is 10.9. The van der Waals surface area contributed by atoms with Gasteiger partial charge < -0.3 is 9.15 Å². The molecule has 0 spiro atoms. The number of carbonyl (C=O) groups excluding carboxylic acids is 2. The number of furan rings is 1. The summed E-state index contributed by atoms with van der Waals surface area (Å²) in [7, 11) is 1.53. The third-order valence-electron chi connectivity index (χ3n) is 5.21. The van der Waals surface area contributed by atoms with E-state index in [9.17, 15) is 9.59 Å². The number of aryl methyl sites for hydroxylation is 3. The van der Waals surface area contributed by atoms with Crippen LogP contribution in [0.15, 0.2) is 64.1 Å². The van der Waals surface area contributed by atoms with E-state index in [4.69, 9.17) is 9.15 Å². The fraction of sp³-hybridized carbons (Fsp3) is 0.200. The van der Waals surface area contributed by atoms with Gasteiger partial charge in [0.15, 0.2) is 0 Å². The second kappa shape index (κ2) is 8.47. The van der Waals surface area contributed by atoms with E-state index < -0.39 is 0 Å². The van der Waals surface area contributed by atoms with Crippen LogP contribution >= 0.6 is 11.8 Å². The van der Waals surface area contributed by atoms with Gasteiger partial charge in [0, 0.05) is 0 Å². The maximum absolute atomic E-state index is 13.7. The van der Waals surface area contributed by atoms with Gasteiger partial charge in [0.05, 0.1) is 35.3 Å². The van der Waals surface area contributed by atoms with Crippen molar-refractivity contribution in [3.05, 3.63) is 87.7 Å². The highest BCUT2D eigenvalue weighted by Crippen LogP contribution is 2.43. The summed E-state index contributed by atoms with van der Waals surface area (Å²) in [6, 6.07) is 15.0. The van der Waals surface area contributed by atoms with Gasteiger partial charge in [-0.25, -0.2) is 4.90 Å². The van der Waals surface area contributed by atoms with Crippen LogP contribution in [0.25, 0.3) is 5.57 Å². The van der Waals surface area contributed by atoms with Crippen molar-refractivity contribution in [2.45, 2.75) is 26.5 Å². The van der Waals surface area contributed by atoms with Crippen molar-refractivity contribution in [2.75, 3.05) is 12.0 Å². The highest BCUT2D eigenvalue weighted by Gasteiger charge is 2.41. The molecule has 0 fully saturated rings. The van der Waals surface area contributed by atoms with Crippen LogP contribution in [0.3, 0.4) is 0 Å². The molecular weight excluding hydrogens is 410 g/mol. The molecule has 4 rings (SSSR count). The van der Waals surface area contributed by atoms with Crippen molar-refractivity contribution in [2.24, 2.45) is 0 Å². The second-order valence-corrected chi connectivity index (χ2v) is 8.50. The Labute approximate surface area is 185 Å². The molecule has 2 heterocycles. The van der Waals surface area contributed by atoms with E-state index in [0.29, 0.717) is 27.7 Å². The molecule has 158 valence electrons. The van der Waals surface area contributed by atoms with Gasteiger partial charge in [0.2, 0.25) is 0 Å². The normalized spacial score (nSPS) is 14.0. The first-order valence-electron chi connectivity index (χ1n) is 9.91. The minimum absolute atomic E-state index is 0.345. The lowest BCUT2D eigenvalue weighted by molar-refractivity contribution is -0.119. The smallest absolute Gasteiger partial charge is 0.272 e. The lowest BCUT2D eigenvalue weighted by atomic mass is 9.98. The topological polar surface area (TPSA) is 59.8 Å². The SMILES string of the molecule is COc1ccc(C)cc1N1C(=O)C(SCc2ccco2)=C(c2ccc(C)cc2C)C1=O. The van der Waals surface area contributed by atoms with Gasteiger partial charge >= 0.3 is 0 Å². The summed E-state index contributed by atoms with van der Waals surface area (Å²) in [5.74, 6) is 0.978. The van der Waals surface area contributed by atoms with Crippen LogP contribution in [0.4, 0.5) is 5.69 Å². The number of benzene rings is 2. The van der Waals surface area contributed by atoms with Crippen molar-refractivity contribution in [1.82, 2.24) is 0 Å². The van der Waals surface area contributed by atoms with Crippen LogP contribution in [0.1, 0.15) is 28.0 Å². The Morgan fingerprint density at radius 1 is 0.968 bits per heavy atom. The van der Waals surface area contributed by atoms with E-state index in [1.165, 1.54) is 23.8 Å². The molecule has 1 aliphatic heterocycles.